The molecule has 0 amide bonds. The van der Waals surface area contributed by atoms with Crippen molar-refractivity contribution in [2.45, 2.75) is 46.5 Å². The molecule has 6 nitrogen and oxygen atoms in total. The summed E-state index contributed by atoms with van der Waals surface area (Å²) >= 11 is 0. The molecule has 6 heteroatoms. The maximum atomic E-state index is 4.57. The number of hydrogen-bond acceptors (Lipinski definition) is 6. The van der Waals surface area contributed by atoms with E-state index in [1.165, 1.54) is 12.8 Å². The number of anilines is 3. The highest BCUT2D eigenvalue weighted by atomic mass is 15.3. The normalized spacial score (nSPS) is 14.8. The van der Waals surface area contributed by atoms with E-state index in [2.05, 4.69) is 51.3 Å². The molecule has 0 atom stereocenters. The van der Waals surface area contributed by atoms with Gasteiger partial charge in [0.1, 0.15) is 0 Å². The van der Waals surface area contributed by atoms with Crippen molar-refractivity contribution in [3.63, 3.8) is 0 Å². The summed E-state index contributed by atoms with van der Waals surface area (Å²) in [4.78, 5) is 15.8. The maximum Gasteiger partial charge on any atom is 0.231 e. The molecule has 1 fully saturated rings. The van der Waals surface area contributed by atoms with Gasteiger partial charge in [-0.3, -0.25) is 0 Å². The van der Waals surface area contributed by atoms with Gasteiger partial charge < -0.3 is 15.5 Å². The second-order valence-corrected chi connectivity index (χ2v) is 6.01. The second kappa shape index (κ2) is 8.00. The lowest BCUT2D eigenvalue weighted by atomic mass is 10.1. The number of rotatable bonds is 8. The predicted molar refractivity (Wildman–Crippen MR) is 88.0 cm³/mol. The Kier molecular flexibility index (Phi) is 6.02. The lowest BCUT2D eigenvalue weighted by Crippen LogP contribution is -2.22. The summed E-state index contributed by atoms with van der Waals surface area (Å²) in [5.41, 5.74) is 0. The summed E-state index contributed by atoms with van der Waals surface area (Å²) in [5, 5.41) is 6.60. The highest BCUT2D eigenvalue weighted by Gasteiger charge is 2.17. The van der Waals surface area contributed by atoms with Crippen molar-refractivity contribution in [2.75, 3.05) is 41.7 Å². The van der Waals surface area contributed by atoms with Gasteiger partial charge in [0.25, 0.3) is 0 Å². The zero-order valence-corrected chi connectivity index (χ0v) is 13.5. The Balaban J connectivity index is 2.07. The average Bonchev–Trinajstić information content (AvgIpc) is 2.99. The third-order valence-electron chi connectivity index (χ3n) is 3.55. The zero-order valence-electron chi connectivity index (χ0n) is 13.5. The Morgan fingerprint density at radius 2 is 1.62 bits per heavy atom. The molecule has 1 aromatic heterocycles. The van der Waals surface area contributed by atoms with Gasteiger partial charge in [-0.2, -0.15) is 15.0 Å². The van der Waals surface area contributed by atoms with Crippen LogP contribution >= 0.6 is 0 Å². The van der Waals surface area contributed by atoms with Gasteiger partial charge in [-0.25, -0.2) is 0 Å². The zero-order chi connectivity index (χ0) is 15.1. The molecule has 1 aromatic rings. The molecule has 1 aliphatic heterocycles. The Hall–Kier alpha value is -1.59. The van der Waals surface area contributed by atoms with E-state index in [0.29, 0.717) is 17.8 Å². The molecule has 0 bridgehead atoms. The summed E-state index contributed by atoms with van der Waals surface area (Å²) < 4.78 is 0. The summed E-state index contributed by atoms with van der Waals surface area (Å²) in [6.07, 6.45) is 4.61. The Bertz CT molecular complexity index is 428. The second-order valence-electron chi connectivity index (χ2n) is 6.01. The van der Waals surface area contributed by atoms with Crippen LogP contribution in [0.4, 0.5) is 17.8 Å². The Morgan fingerprint density at radius 1 is 1.00 bits per heavy atom. The quantitative estimate of drug-likeness (QED) is 0.768. The molecule has 0 aromatic carbocycles. The summed E-state index contributed by atoms with van der Waals surface area (Å²) in [6.45, 7) is 10.4. The van der Waals surface area contributed by atoms with Crippen molar-refractivity contribution in [1.29, 1.82) is 0 Å². The van der Waals surface area contributed by atoms with Gasteiger partial charge in [0.15, 0.2) is 0 Å². The molecule has 0 aliphatic carbocycles. The van der Waals surface area contributed by atoms with Gasteiger partial charge in [0.2, 0.25) is 17.8 Å². The first-order valence-electron chi connectivity index (χ1n) is 8.17. The van der Waals surface area contributed by atoms with Gasteiger partial charge in [-0.15, -0.1) is 0 Å². The fourth-order valence-electron chi connectivity index (χ4n) is 2.29. The molecule has 1 aliphatic rings. The van der Waals surface area contributed by atoms with Gasteiger partial charge >= 0.3 is 0 Å². The molecule has 2 N–H and O–H groups in total. The fourth-order valence-corrected chi connectivity index (χ4v) is 2.29. The molecular formula is C15H28N6. The van der Waals surface area contributed by atoms with Crippen molar-refractivity contribution in [3.8, 4) is 0 Å². The van der Waals surface area contributed by atoms with Gasteiger partial charge in [0, 0.05) is 26.2 Å². The first kappa shape index (κ1) is 15.8. The minimum absolute atomic E-state index is 0.676. The third kappa shape index (κ3) is 5.02. The van der Waals surface area contributed by atoms with Crippen LogP contribution in [0.3, 0.4) is 0 Å². The SMILES string of the molecule is CCCNc1nc(NCCC(C)C)nc(N2CCCC2)n1. The summed E-state index contributed by atoms with van der Waals surface area (Å²) in [5.74, 6) is 2.84. The van der Waals surface area contributed by atoms with Crippen LogP contribution in [0.5, 0.6) is 0 Å². The number of nitrogens with zero attached hydrogens (tertiary/aromatic N) is 4. The molecule has 0 unspecified atom stereocenters. The molecule has 2 heterocycles. The topological polar surface area (TPSA) is 66.0 Å². The number of aromatic nitrogens is 3. The van der Waals surface area contributed by atoms with Crippen molar-refractivity contribution < 1.29 is 0 Å². The minimum Gasteiger partial charge on any atom is -0.354 e. The van der Waals surface area contributed by atoms with Gasteiger partial charge in [-0.1, -0.05) is 20.8 Å². The molecule has 2 rings (SSSR count). The van der Waals surface area contributed by atoms with E-state index in [9.17, 15) is 0 Å². The van der Waals surface area contributed by atoms with Crippen LogP contribution in [0, 0.1) is 5.92 Å². The lowest BCUT2D eigenvalue weighted by molar-refractivity contribution is 0.605. The first-order valence-corrected chi connectivity index (χ1v) is 8.17. The molecule has 0 radical (unpaired) electrons. The molecule has 118 valence electrons. The minimum atomic E-state index is 0.676. The van der Waals surface area contributed by atoms with E-state index >= 15 is 0 Å². The van der Waals surface area contributed by atoms with Crippen LogP contribution in [0.25, 0.3) is 0 Å². The largest absolute Gasteiger partial charge is 0.354 e. The van der Waals surface area contributed by atoms with Crippen LogP contribution in [-0.4, -0.2) is 41.1 Å². The Labute approximate surface area is 127 Å². The van der Waals surface area contributed by atoms with Crippen LogP contribution in [0.15, 0.2) is 0 Å². The Morgan fingerprint density at radius 3 is 2.19 bits per heavy atom. The van der Waals surface area contributed by atoms with Crippen molar-refractivity contribution in [3.05, 3.63) is 0 Å². The molecule has 1 saturated heterocycles. The summed E-state index contributed by atoms with van der Waals surface area (Å²) in [7, 11) is 0. The summed E-state index contributed by atoms with van der Waals surface area (Å²) in [6, 6.07) is 0. The molecule has 0 spiro atoms. The number of nitrogens with one attached hydrogen (secondary N) is 2. The van der Waals surface area contributed by atoms with Crippen molar-refractivity contribution in [1.82, 2.24) is 15.0 Å². The fraction of sp³-hybridized carbons (Fsp3) is 0.800. The van der Waals surface area contributed by atoms with E-state index < -0.39 is 0 Å². The monoisotopic (exact) mass is 292 g/mol. The molecule has 21 heavy (non-hydrogen) atoms. The lowest BCUT2D eigenvalue weighted by Gasteiger charge is -2.17. The average molecular weight is 292 g/mol. The van der Waals surface area contributed by atoms with Crippen LogP contribution in [0.2, 0.25) is 0 Å². The maximum absolute atomic E-state index is 4.57. The standard InChI is InChI=1S/C15H28N6/c1-4-8-16-13-18-14(17-9-7-12(2)3)20-15(19-13)21-10-5-6-11-21/h12H,4-11H2,1-3H3,(H2,16,17,18,19,20). The highest BCUT2D eigenvalue weighted by molar-refractivity contribution is 5.44. The van der Waals surface area contributed by atoms with Crippen molar-refractivity contribution >= 4 is 17.8 Å². The third-order valence-corrected chi connectivity index (χ3v) is 3.55. The van der Waals surface area contributed by atoms with Crippen LogP contribution in [-0.2, 0) is 0 Å². The van der Waals surface area contributed by atoms with E-state index in [1.54, 1.807) is 0 Å². The predicted octanol–water partition coefficient (Wildman–Crippen LogP) is 2.75. The van der Waals surface area contributed by atoms with E-state index in [0.717, 1.165) is 45.0 Å². The van der Waals surface area contributed by atoms with E-state index in [4.69, 9.17) is 0 Å². The molecule has 0 saturated carbocycles. The van der Waals surface area contributed by atoms with Crippen LogP contribution < -0.4 is 15.5 Å². The van der Waals surface area contributed by atoms with E-state index in [1.807, 2.05) is 0 Å². The molecular weight excluding hydrogens is 264 g/mol. The van der Waals surface area contributed by atoms with E-state index in [-0.39, 0.29) is 0 Å². The van der Waals surface area contributed by atoms with Gasteiger partial charge in [0.05, 0.1) is 0 Å². The van der Waals surface area contributed by atoms with Gasteiger partial charge in [-0.05, 0) is 31.6 Å². The number of hydrogen-bond donors (Lipinski definition) is 2. The van der Waals surface area contributed by atoms with Crippen LogP contribution in [0.1, 0.15) is 46.5 Å². The van der Waals surface area contributed by atoms with Crippen molar-refractivity contribution in [2.24, 2.45) is 5.92 Å². The highest BCUT2D eigenvalue weighted by Crippen LogP contribution is 2.18. The first-order chi connectivity index (χ1) is 10.2. The smallest absolute Gasteiger partial charge is 0.231 e.